The van der Waals surface area contributed by atoms with Crippen molar-refractivity contribution in [3.05, 3.63) is 40.6 Å². The van der Waals surface area contributed by atoms with Crippen LogP contribution < -0.4 is 14.8 Å². The van der Waals surface area contributed by atoms with Gasteiger partial charge in [-0.25, -0.2) is 9.97 Å². The highest BCUT2D eigenvalue weighted by molar-refractivity contribution is 9.10. The van der Waals surface area contributed by atoms with E-state index in [1.807, 2.05) is 0 Å². The second kappa shape index (κ2) is 7.24. The number of aromatic nitrogens is 2. The average molecular weight is 354 g/mol. The number of ether oxygens (including phenoxy) is 2. The van der Waals surface area contributed by atoms with E-state index in [4.69, 9.17) is 9.47 Å². The molecule has 6 nitrogen and oxygen atoms in total. The molecule has 0 aliphatic heterocycles. The monoisotopic (exact) mass is 353 g/mol. The first-order valence-corrected chi connectivity index (χ1v) is 7.04. The summed E-state index contributed by atoms with van der Waals surface area (Å²) in [5, 5.41) is 13.2. The topological polar surface area (TPSA) is 76.5 Å². The molecular formula is C14H16BrN3O3. The molecule has 0 radical (unpaired) electrons. The lowest BCUT2D eigenvalue weighted by Gasteiger charge is -2.14. The second-order valence-corrected chi connectivity index (χ2v) is 5.18. The van der Waals surface area contributed by atoms with Gasteiger partial charge in [0.25, 0.3) is 0 Å². The molecule has 2 aromatic rings. The lowest BCUT2D eigenvalue weighted by molar-refractivity contribution is 0.190. The first kappa shape index (κ1) is 15.5. The van der Waals surface area contributed by atoms with Crippen molar-refractivity contribution in [2.75, 3.05) is 26.1 Å². The first-order chi connectivity index (χ1) is 10.1. The molecule has 1 atom stereocenters. The van der Waals surface area contributed by atoms with Gasteiger partial charge in [0.15, 0.2) is 0 Å². The largest absolute Gasteiger partial charge is 0.497 e. The van der Waals surface area contributed by atoms with Gasteiger partial charge in [-0.1, -0.05) is 0 Å². The standard InChI is InChI=1S/C14H16BrN3O3/c1-20-11-3-9(4-12(5-11)21-2)13(19)8-18-14-16-6-10(15)7-17-14/h3-7,13,19H,8H2,1-2H3,(H,16,17,18). The van der Waals surface area contributed by atoms with E-state index in [-0.39, 0.29) is 6.54 Å². The summed E-state index contributed by atoms with van der Waals surface area (Å²) < 4.78 is 11.2. The molecule has 1 aromatic carbocycles. The van der Waals surface area contributed by atoms with Crippen LogP contribution in [0.4, 0.5) is 5.95 Å². The fourth-order valence-electron chi connectivity index (χ4n) is 1.73. The van der Waals surface area contributed by atoms with Gasteiger partial charge in [0, 0.05) is 25.0 Å². The van der Waals surface area contributed by atoms with E-state index in [1.54, 1.807) is 44.8 Å². The molecule has 2 N–H and O–H groups in total. The van der Waals surface area contributed by atoms with Gasteiger partial charge in [-0.3, -0.25) is 0 Å². The highest BCUT2D eigenvalue weighted by atomic mass is 79.9. The van der Waals surface area contributed by atoms with Crippen LogP contribution in [0.15, 0.2) is 35.1 Å². The number of benzene rings is 1. The third-order valence-electron chi connectivity index (χ3n) is 2.83. The van der Waals surface area contributed by atoms with Crippen LogP contribution in [0.1, 0.15) is 11.7 Å². The van der Waals surface area contributed by atoms with Crippen LogP contribution in [-0.4, -0.2) is 35.8 Å². The van der Waals surface area contributed by atoms with Gasteiger partial charge in [0.2, 0.25) is 5.95 Å². The summed E-state index contributed by atoms with van der Waals surface area (Å²) in [5.74, 6) is 1.71. The molecule has 7 heteroatoms. The summed E-state index contributed by atoms with van der Waals surface area (Å²) in [4.78, 5) is 8.16. The van der Waals surface area contributed by atoms with E-state index in [0.29, 0.717) is 23.0 Å². The van der Waals surface area contributed by atoms with Crippen LogP contribution in [-0.2, 0) is 0 Å². The Hall–Kier alpha value is -1.86. The Labute approximate surface area is 131 Å². The number of aliphatic hydroxyl groups excluding tert-OH is 1. The minimum absolute atomic E-state index is 0.276. The Bertz CT molecular complexity index is 570. The molecule has 0 bridgehead atoms. The van der Waals surface area contributed by atoms with Gasteiger partial charge in [-0.15, -0.1) is 0 Å². The van der Waals surface area contributed by atoms with E-state index >= 15 is 0 Å². The summed E-state index contributed by atoms with van der Waals surface area (Å²) in [6.45, 7) is 0.276. The van der Waals surface area contributed by atoms with Gasteiger partial charge in [-0.2, -0.15) is 0 Å². The highest BCUT2D eigenvalue weighted by Crippen LogP contribution is 2.26. The molecule has 2 rings (SSSR count). The molecule has 0 aliphatic carbocycles. The smallest absolute Gasteiger partial charge is 0.222 e. The normalized spacial score (nSPS) is 11.8. The van der Waals surface area contributed by atoms with Crippen molar-refractivity contribution in [3.63, 3.8) is 0 Å². The molecule has 0 fully saturated rings. The lowest BCUT2D eigenvalue weighted by atomic mass is 10.1. The van der Waals surface area contributed by atoms with Gasteiger partial charge in [0.1, 0.15) is 11.5 Å². The average Bonchev–Trinajstić information content (AvgIpc) is 2.53. The molecular weight excluding hydrogens is 338 g/mol. The maximum atomic E-state index is 10.2. The lowest BCUT2D eigenvalue weighted by Crippen LogP contribution is -2.14. The molecule has 1 unspecified atom stereocenters. The third kappa shape index (κ3) is 4.30. The number of nitrogens with zero attached hydrogens (tertiary/aromatic N) is 2. The fraction of sp³-hybridized carbons (Fsp3) is 0.286. The maximum Gasteiger partial charge on any atom is 0.222 e. The number of aliphatic hydroxyl groups is 1. The number of anilines is 1. The van der Waals surface area contributed by atoms with Gasteiger partial charge in [0.05, 0.1) is 24.8 Å². The third-order valence-corrected chi connectivity index (χ3v) is 3.24. The van der Waals surface area contributed by atoms with Crippen LogP contribution in [0, 0.1) is 0 Å². The van der Waals surface area contributed by atoms with Gasteiger partial charge < -0.3 is 19.9 Å². The minimum atomic E-state index is -0.735. The van der Waals surface area contributed by atoms with Crippen LogP contribution in [0.2, 0.25) is 0 Å². The molecule has 0 aliphatic rings. The van der Waals surface area contributed by atoms with Crippen molar-refractivity contribution in [1.82, 2.24) is 9.97 Å². The predicted octanol–water partition coefficient (Wildman–Crippen LogP) is 2.40. The fourth-order valence-corrected chi connectivity index (χ4v) is 1.94. The zero-order chi connectivity index (χ0) is 15.2. The number of halogens is 1. The zero-order valence-electron chi connectivity index (χ0n) is 11.7. The molecule has 112 valence electrons. The SMILES string of the molecule is COc1cc(OC)cc(C(O)CNc2ncc(Br)cn2)c1. The summed E-state index contributed by atoms with van der Waals surface area (Å²) in [5.41, 5.74) is 0.691. The Morgan fingerprint density at radius 3 is 2.24 bits per heavy atom. The molecule has 21 heavy (non-hydrogen) atoms. The molecule has 1 heterocycles. The van der Waals surface area contributed by atoms with Crippen LogP contribution >= 0.6 is 15.9 Å². The van der Waals surface area contributed by atoms with E-state index in [0.717, 1.165) is 4.47 Å². The number of hydrogen-bond acceptors (Lipinski definition) is 6. The summed E-state index contributed by atoms with van der Waals surface area (Å²) in [6, 6.07) is 5.27. The maximum absolute atomic E-state index is 10.2. The number of hydrogen-bond donors (Lipinski definition) is 2. The molecule has 0 amide bonds. The molecule has 0 saturated carbocycles. The van der Waals surface area contributed by atoms with Crippen molar-refractivity contribution < 1.29 is 14.6 Å². The second-order valence-electron chi connectivity index (χ2n) is 4.27. The highest BCUT2D eigenvalue weighted by Gasteiger charge is 2.11. The molecule has 0 spiro atoms. The van der Waals surface area contributed by atoms with Crippen molar-refractivity contribution in [2.24, 2.45) is 0 Å². The van der Waals surface area contributed by atoms with Crippen molar-refractivity contribution >= 4 is 21.9 Å². The van der Waals surface area contributed by atoms with Crippen molar-refractivity contribution in [1.29, 1.82) is 0 Å². The van der Waals surface area contributed by atoms with E-state index in [1.165, 1.54) is 0 Å². The van der Waals surface area contributed by atoms with E-state index in [2.05, 4.69) is 31.2 Å². The molecule has 0 saturated heterocycles. The van der Waals surface area contributed by atoms with Gasteiger partial charge >= 0.3 is 0 Å². The quantitative estimate of drug-likeness (QED) is 0.830. The Morgan fingerprint density at radius 2 is 1.71 bits per heavy atom. The zero-order valence-corrected chi connectivity index (χ0v) is 13.3. The summed E-state index contributed by atoms with van der Waals surface area (Å²) in [7, 11) is 3.14. The Kier molecular flexibility index (Phi) is 5.35. The predicted molar refractivity (Wildman–Crippen MR) is 82.7 cm³/mol. The Balaban J connectivity index is 2.05. The summed E-state index contributed by atoms with van der Waals surface area (Å²) >= 11 is 3.26. The number of methoxy groups -OCH3 is 2. The van der Waals surface area contributed by atoms with E-state index < -0.39 is 6.10 Å². The number of rotatable bonds is 6. The van der Waals surface area contributed by atoms with E-state index in [9.17, 15) is 5.11 Å². The van der Waals surface area contributed by atoms with Crippen LogP contribution in [0.25, 0.3) is 0 Å². The van der Waals surface area contributed by atoms with Crippen LogP contribution in [0.5, 0.6) is 11.5 Å². The summed E-state index contributed by atoms with van der Waals surface area (Å²) in [6.07, 6.45) is 2.54. The minimum Gasteiger partial charge on any atom is -0.497 e. The van der Waals surface area contributed by atoms with Crippen molar-refractivity contribution in [2.45, 2.75) is 6.10 Å². The number of nitrogens with one attached hydrogen (secondary N) is 1. The van der Waals surface area contributed by atoms with Crippen LogP contribution in [0.3, 0.4) is 0 Å². The van der Waals surface area contributed by atoms with Crippen molar-refractivity contribution in [3.8, 4) is 11.5 Å². The van der Waals surface area contributed by atoms with Gasteiger partial charge in [-0.05, 0) is 33.6 Å². The Morgan fingerprint density at radius 1 is 1.14 bits per heavy atom. The first-order valence-electron chi connectivity index (χ1n) is 6.25. The molecule has 1 aromatic heterocycles.